The van der Waals surface area contributed by atoms with Crippen molar-refractivity contribution in [1.82, 2.24) is 5.32 Å². The van der Waals surface area contributed by atoms with E-state index < -0.39 is 0 Å². The number of benzene rings is 1. The largest absolute Gasteiger partial charge is 0.372 e. The van der Waals surface area contributed by atoms with Crippen molar-refractivity contribution in [3.63, 3.8) is 0 Å². The lowest BCUT2D eigenvalue weighted by Gasteiger charge is -2.26. The van der Waals surface area contributed by atoms with E-state index in [9.17, 15) is 0 Å². The first-order valence-corrected chi connectivity index (χ1v) is 8.17. The summed E-state index contributed by atoms with van der Waals surface area (Å²) in [5, 5.41) is 3.39. The highest BCUT2D eigenvalue weighted by molar-refractivity contribution is 9.10. The molecular formula is C16H24BrNO. The van der Waals surface area contributed by atoms with Gasteiger partial charge < -0.3 is 10.1 Å². The molecule has 0 aliphatic heterocycles. The molecule has 0 radical (unpaired) electrons. The second kappa shape index (κ2) is 8.03. The molecule has 1 saturated carbocycles. The molecule has 1 aromatic carbocycles. The molecule has 1 aliphatic rings. The normalized spacial score (nSPS) is 17.2. The Bertz CT molecular complexity index is 379. The highest BCUT2D eigenvalue weighted by Crippen LogP contribution is 2.31. The van der Waals surface area contributed by atoms with Crippen molar-refractivity contribution in [3.05, 3.63) is 34.3 Å². The Morgan fingerprint density at radius 3 is 2.79 bits per heavy atom. The Hall–Kier alpha value is -0.380. The predicted molar refractivity (Wildman–Crippen MR) is 83.3 cm³/mol. The zero-order valence-corrected chi connectivity index (χ0v) is 13.3. The van der Waals surface area contributed by atoms with Crippen molar-refractivity contribution in [1.29, 1.82) is 0 Å². The maximum absolute atomic E-state index is 6.12. The minimum atomic E-state index is 0.149. The minimum absolute atomic E-state index is 0.149. The van der Waals surface area contributed by atoms with Crippen LogP contribution in [0.25, 0.3) is 0 Å². The second-order valence-corrected chi connectivity index (χ2v) is 6.13. The Morgan fingerprint density at radius 2 is 2.16 bits per heavy atom. The van der Waals surface area contributed by atoms with E-state index in [1.165, 1.54) is 31.2 Å². The van der Waals surface area contributed by atoms with Gasteiger partial charge in [-0.05, 0) is 30.5 Å². The molecule has 1 aromatic rings. The van der Waals surface area contributed by atoms with Gasteiger partial charge in [-0.2, -0.15) is 0 Å². The van der Waals surface area contributed by atoms with E-state index in [-0.39, 0.29) is 6.10 Å². The Morgan fingerprint density at radius 1 is 1.37 bits per heavy atom. The molecule has 0 heterocycles. The van der Waals surface area contributed by atoms with Gasteiger partial charge in [0.05, 0.1) is 6.10 Å². The lowest BCUT2D eigenvalue weighted by Crippen LogP contribution is -2.24. The third-order valence-electron chi connectivity index (χ3n) is 3.90. The molecular weight excluding hydrogens is 302 g/mol. The van der Waals surface area contributed by atoms with Crippen molar-refractivity contribution in [2.75, 3.05) is 19.7 Å². The summed E-state index contributed by atoms with van der Waals surface area (Å²) in [4.78, 5) is 0. The van der Waals surface area contributed by atoms with Crippen molar-refractivity contribution < 1.29 is 4.74 Å². The summed E-state index contributed by atoms with van der Waals surface area (Å²) in [6, 6.07) is 8.36. The molecule has 0 spiro atoms. The van der Waals surface area contributed by atoms with Gasteiger partial charge >= 0.3 is 0 Å². The van der Waals surface area contributed by atoms with Gasteiger partial charge in [-0.3, -0.25) is 0 Å². The molecule has 0 amide bonds. The van der Waals surface area contributed by atoms with Gasteiger partial charge in [0.15, 0.2) is 0 Å². The predicted octanol–water partition coefficient (Wildman–Crippen LogP) is 4.31. The van der Waals surface area contributed by atoms with Crippen molar-refractivity contribution in [2.24, 2.45) is 5.92 Å². The molecule has 106 valence electrons. The molecule has 19 heavy (non-hydrogen) atoms. The molecule has 1 aliphatic carbocycles. The zero-order valence-electron chi connectivity index (χ0n) is 11.7. The molecule has 0 aromatic heterocycles. The maximum atomic E-state index is 6.12. The minimum Gasteiger partial charge on any atom is -0.372 e. The molecule has 3 heteroatoms. The lowest BCUT2D eigenvalue weighted by molar-refractivity contribution is 0.0371. The highest BCUT2D eigenvalue weighted by atomic mass is 79.9. The highest BCUT2D eigenvalue weighted by Gasteiger charge is 2.19. The number of halogens is 1. The summed E-state index contributed by atoms with van der Waals surface area (Å²) in [5.74, 6) is 0.916. The molecule has 2 rings (SSSR count). The first-order chi connectivity index (χ1) is 9.31. The van der Waals surface area contributed by atoms with Gasteiger partial charge in [-0.15, -0.1) is 0 Å². The van der Waals surface area contributed by atoms with Gasteiger partial charge in [0.1, 0.15) is 0 Å². The van der Waals surface area contributed by atoms with Crippen molar-refractivity contribution >= 4 is 15.9 Å². The first kappa shape index (κ1) is 15.0. The van der Waals surface area contributed by atoms with Crippen LogP contribution >= 0.6 is 15.9 Å². The van der Waals surface area contributed by atoms with Crippen molar-refractivity contribution in [3.8, 4) is 0 Å². The third-order valence-corrected chi connectivity index (χ3v) is 4.62. The van der Waals surface area contributed by atoms with Crippen LogP contribution in [0.4, 0.5) is 0 Å². The standard InChI is InChI=1S/C16H24BrNO/c1-2-18-12-16(14-8-3-4-9-15(14)17)19-11-10-13-6-5-7-13/h3-4,8-9,13,16,18H,2,5-7,10-12H2,1H3. The van der Waals surface area contributed by atoms with Gasteiger partial charge in [-0.25, -0.2) is 0 Å². The number of likely N-dealkylation sites (N-methyl/N-ethyl adjacent to an activating group) is 1. The summed E-state index contributed by atoms with van der Waals surface area (Å²) >= 11 is 3.63. The summed E-state index contributed by atoms with van der Waals surface area (Å²) in [7, 11) is 0. The summed E-state index contributed by atoms with van der Waals surface area (Å²) in [5.41, 5.74) is 1.25. The van der Waals surface area contributed by atoms with Crippen LogP contribution in [0.5, 0.6) is 0 Å². The van der Waals surface area contributed by atoms with Crippen LogP contribution in [-0.4, -0.2) is 19.7 Å². The van der Waals surface area contributed by atoms with Crippen molar-refractivity contribution in [2.45, 2.75) is 38.7 Å². The molecule has 1 atom stereocenters. The SMILES string of the molecule is CCNCC(OCCC1CCC1)c1ccccc1Br. The zero-order chi connectivity index (χ0) is 13.5. The summed E-state index contributed by atoms with van der Waals surface area (Å²) in [6.07, 6.45) is 5.57. The van der Waals surface area contributed by atoms with E-state index in [2.05, 4.69) is 46.4 Å². The third kappa shape index (κ3) is 4.59. The van der Waals surface area contributed by atoms with Crippen LogP contribution in [0.3, 0.4) is 0 Å². The van der Waals surface area contributed by atoms with Crippen LogP contribution in [0.2, 0.25) is 0 Å². The monoisotopic (exact) mass is 325 g/mol. The van der Waals surface area contributed by atoms with E-state index in [1.807, 2.05) is 6.07 Å². The molecule has 1 N–H and O–H groups in total. The maximum Gasteiger partial charge on any atom is 0.0960 e. The van der Waals surface area contributed by atoms with E-state index in [0.29, 0.717) is 0 Å². The molecule has 2 nitrogen and oxygen atoms in total. The second-order valence-electron chi connectivity index (χ2n) is 5.27. The average molecular weight is 326 g/mol. The Balaban J connectivity index is 1.88. The molecule has 1 unspecified atom stereocenters. The molecule has 0 saturated heterocycles. The fourth-order valence-electron chi connectivity index (χ4n) is 2.43. The lowest BCUT2D eigenvalue weighted by atomic mass is 9.83. The van der Waals surface area contributed by atoms with E-state index in [0.717, 1.165) is 30.1 Å². The van der Waals surface area contributed by atoms with Crippen LogP contribution in [0.1, 0.15) is 44.3 Å². The number of hydrogen-bond donors (Lipinski definition) is 1. The topological polar surface area (TPSA) is 21.3 Å². The smallest absolute Gasteiger partial charge is 0.0960 e. The molecule has 0 bridgehead atoms. The molecule has 1 fully saturated rings. The van der Waals surface area contributed by atoms with E-state index in [1.54, 1.807) is 0 Å². The number of rotatable bonds is 8. The van der Waals surface area contributed by atoms with Crippen LogP contribution < -0.4 is 5.32 Å². The van der Waals surface area contributed by atoms with E-state index in [4.69, 9.17) is 4.74 Å². The average Bonchev–Trinajstić information content (AvgIpc) is 2.37. The van der Waals surface area contributed by atoms with Gasteiger partial charge in [0, 0.05) is 17.6 Å². The Kier molecular flexibility index (Phi) is 6.35. The van der Waals surface area contributed by atoms with Crippen LogP contribution in [0.15, 0.2) is 28.7 Å². The van der Waals surface area contributed by atoms with Crippen LogP contribution in [-0.2, 0) is 4.74 Å². The fourth-order valence-corrected chi connectivity index (χ4v) is 2.97. The van der Waals surface area contributed by atoms with Gasteiger partial charge in [0.25, 0.3) is 0 Å². The number of ether oxygens (including phenoxy) is 1. The summed E-state index contributed by atoms with van der Waals surface area (Å²) < 4.78 is 7.27. The van der Waals surface area contributed by atoms with Crippen LogP contribution in [0, 0.1) is 5.92 Å². The number of nitrogens with one attached hydrogen (secondary N) is 1. The van der Waals surface area contributed by atoms with Gasteiger partial charge in [0.2, 0.25) is 0 Å². The number of hydrogen-bond acceptors (Lipinski definition) is 2. The quantitative estimate of drug-likeness (QED) is 0.769. The van der Waals surface area contributed by atoms with E-state index >= 15 is 0 Å². The fraction of sp³-hybridized carbons (Fsp3) is 0.625. The first-order valence-electron chi connectivity index (χ1n) is 7.38. The van der Waals surface area contributed by atoms with Gasteiger partial charge in [-0.1, -0.05) is 60.3 Å². The Labute approximate surface area is 125 Å². The summed E-state index contributed by atoms with van der Waals surface area (Å²) in [6.45, 7) is 4.87.